The molecule has 0 radical (unpaired) electrons. The zero-order valence-corrected chi connectivity index (χ0v) is 14.6. The molecule has 0 aliphatic carbocycles. The highest BCUT2D eigenvalue weighted by molar-refractivity contribution is 6.03. The quantitative estimate of drug-likeness (QED) is 0.684. The molecule has 0 saturated heterocycles. The maximum Gasteiger partial charge on any atom is 0.0991 e. The SMILES string of the molecule is N#Cc1ccc(C2=NN(c3ccc(C#N)cc3)C(c3ccccc3)C2)cc1. The van der Waals surface area contributed by atoms with Crippen LogP contribution in [0, 0.1) is 22.7 Å². The molecule has 0 aromatic heterocycles. The van der Waals surface area contributed by atoms with Crippen LogP contribution in [0.3, 0.4) is 0 Å². The van der Waals surface area contributed by atoms with Gasteiger partial charge in [-0.05, 0) is 47.5 Å². The standard InChI is InChI=1S/C23H16N4/c24-15-17-6-10-19(11-7-17)22-14-23(20-4-2-1-3-5-20)27(26-22)21-12-8-18(16-25)9-13-21/h1-13,23H,14H2. The minimum absolute atomic E-state index is 0.0878. The van der Waals surface area contributed by atoms with E-state index in [2.05, 4.69) is 24.3 Å². The van der Waals surface area contributed by atoms with Crippen molar-refractivity contribution >= 4 is 11.4 Å². The van der Waals surface area contributed by atoms with Crippen molar-refractivity contribution in [3.63, 3.8) is 0 Å². The summed E-state index contributed by atoms with van der Waals surface area (Å²) in [5.41, 5.74) is 5.41. The molecule has 1 unspecified atom stereocenters. The number of rotatable bonds is 3. The molecule has 3 aromatic carbocycles. The zero-order valence-electron chi connectivity index (χ0n) is 14.6. The average Bonchev–Trinajstić information content (AvgIpc) is 3.20. The van der Waals surface area contributed by atoms with Gasteiger partial charge in [0.05, 0.1) is 40.7 Å². The molecule has 0 amide bonds. The smallest absolute Gasteiger partial charge is 0.0991 e. The van der Waals surface area contributed by atoms with Crippen molar-refractivity contribution in [2.45, 2.75) is 12.5 Å². The van der Waals surface area contributed by atoms with E-state index in [4.69, 9.17) is 15.6 Å². The van der Waals surface area contributed by atoms with Gasteiger partial charge in [0.2, 0.25) is 0 Å². The summed E-state index contributed by atoms with van der Waals surface area (Å²) in [4.78, 5) is 0. The van der Waals surface area contributed by atoms with Crippen LogP contribution in [-0.4, -0.2) is 5.71 Å². The molecule has 1 aliphatic rings. The van der Waals surface area contributed by atoms with Crippen LogP contribution >= 0.6 is 0 Å². The first-order valence-electron chi connectivity index (χ1n) is 8.71. The molecule has 1 atom stereocenters. The lowest BCUT2D eigenvalue weighted by Crippen LogP contribution is -2.18. The Bertz CT molecular complexity index is 1050. The van der Waals surface area contributed by atoms with Gasteiger partial charge in [0, 0.05) is 6.42 Å². The van der Waals surface area contributed by atoms with E-state index in [1.807, 2.05) is 71.7 Å². The van der Waals surface area contributed by atoms with Crippen LogP contribution in [0.25, 0.3) is 0 Å². The summed E-state index contributed by atoms with van der Waals surface area (Å²) in [6.45, 7) is 0. The zero-order chi connectivity index (χ0) is 18.6. The minimum Gasteiger partial charge on any atom is -0.257 e. The summed E-state index contributed by atoms with van der Waals surface area (Å²) >= 11 is 0. The first-order chi connectivity index (χ1) is 13.3. The van der Waals surface area contributed by atoms with Gasteiger partial charge in [-0.1, -0.05) is 42.5 Å². The molecule has 4 nitrogen and oxygen atoms in total. The highest BCUT2D eigenvalue weighted by Gasteiger charge is 2.29. The van der Waals surface area contributed by atoms with E-state index in [1.165, 1.54) is 5.56 Å². The van der Waals surface area contributed by atoms with Crippen molar-refractivity contribution in [2.75, 3.05) is 5.01 Å². The number of nitrogens with zero attached hydrogens (tertiary/aromatic N) is 4. The van der Waals surface area contributed by atoms with Crippen LogP contribution in [0.2, 0.25) is 0 Å². The van der Waals surface area contributed by atoms with E-state index >= 15 is 0 Å². The third-order valence-corrected chi connectivity index (χ3v) is 4.70. The Hall–Kier alpha value is -3.89. The largest absolute Gasteiger partial charge is 0.257 e. The Balaban J connectivity index is 1.73. The fourth-order valence-electron chi connectivity index (χ4n) is 3.28. The van der Waals surface area contributed by atoms with Crippen molar-refractivity contribution in [1.82, 2.24) is 0 Å². The minimum atomic E-state index is 0.0878. The van der Waals surface area contributed by atoms with E-state index in [0.29, 0.717) is 11.1 Å². The second kappa shape index (κ2) is 7.15. The van der Waals surface area contributed by atoms with Crippen molar-refractivity contribution in [2.24, 2.45) is 5.10 Å². The third-order valence-electron chi connectivity index (χ3n) is 4.70. The van der Waals surface area contributed by atoms with Crippen molar-refractivity contribution in [1.29, 1.82) is 10.5 Å². The Morgan fingerprint density at radius 1 is 0.778 bits per heavy atom. The number of nitriles is 2. The molecular weight excluding hydrogens is 332 g/mol. The molecule has 3 aromatic rings. The maximum absolute atomic E-state index is 9.04. The van der Waals surface area contributed by atoms with Gasteiger partial charge in [0.1, 0.15) is 0 Å². The maximum atomic E-state index is 9.04. The normalized spacial score (nSPS) is 15.7. The summed E-state index contributed by atoms with van der Waals surface area (Å²) in [7, 11) is 0. The lowest BCUT2D eigenvalue weighted by atomic mass is 9.98. The van der Waals surface area contributed by atoms with Gasteiger partial charge in [-0.25, -0.2) is 0 Å². The van der Waals surface area contributed by atoms with Crippen LogP contribution in [0.4, 0.5) is 5.69 Å². The summed E-state index contributed by atoms with van der Waals surface area (Å²) < 4.78 is 0. The summed E-state index contributed by atoms with van der Waals surface area (Å²) in [6.07, 6.45) is 0.774. The second-order valence-electron chi connectivity index (χ2n) is 6.37. The van der Waals surface area contributed by atoms with Gasteiger partial charge in [0.15, 0.2) is 0 Å². The van der Waals surface area contributed by atoms with Crippen LogP contribution < -0.4 is 5.01 Å². The summed E-state index contributed by atoms with van der Waals surface area (Å²) in [5.74, 6) is 0. The molecule has 1 aliphatic heterocycles. The third kappa shape index (κ3) is 3.29. The predicted molar refractivity (Wildman–Crippen MR) is 105 cm³/mol. The van der Waals surface area contributed by atoms with Crippen molar-refractivity contribution in [3.8, 4) is 12.1 Å². The van der Waals surface area contributed by atoms with Crippen molar-refractivity contribution in [3.05, 3.63) is 101 Å². The molecule has 128 valence electrons. The molecule has 0 spiro atoms. The highest BCUT2D eigenvalue weighted by Crippen LogP contribution is 2.36. The lowest BCUT2D eigenvalue weighted by Gasteiger charge is -2.24. The highest BCUT2D eigenvalue weighted by atomic mass is 15.5. The molecule has 0 fully saturated rings. The van der Waals surface area contributed by atoms with Crippen molar-refractivity contribution < 1.29 is 0 Å². The molecule has 0 N–H and O–H groups in total. The van der Waals surface area contributed by atoms with Gasteiger partial charge in [0.25, 0.3) is 0 Å². The van der Waals surface area contributed by atoms with E-state index in [9.17, 15) is 0 Å². The Kier molecular flexibility index (Phi) is 4.39. The Morgan fingerprint density at radius 3 is 1.96 bits per heavy atom. The number of hydrogen-bond acceptors (Lipinski definition) is 4. The number of hydrogen-bond donors (Lipinski definition) is 0. The number of hydrazone groups is 1. The Morgan fingerprint density at radius 2 is 1.37 bits per heavy atom. The first-order valence-corrected chi connectivity index (χ1v) is 8.71. The fraction of sp³-hybridized carbons (Fsp3) is 0.0870. The van der Waals surface area contributed by atoms with E-state index in [-0.39, 0.29) is 6.04 Å². The van der Waals surface area contributed by atoms with Crippen LogP contribution in [0.15, 0.2) is 84.0 Å². The average molecular weight is 348 g/mol. The molecule has 0 bridgehead atoms. The van der Waals surface area contributed by atoms with Gasteiger partial charge in [-0.15, -0.1) is 0 Å². The summed E-state index contributed by atoms with van der Waals surface area (Å²) in [5, 5.41) is 24.9. The Labute approximate surface area is 158 Å². The van der Waals surface area contributed by atoms with Crippen LogP contribution in [-0.2, 0) is 0 Å². The van der Waals surface area contributed by atoms with Crippen LogP contribution in [0.5, 0.6) is 0 Å². The molecule has 4 rings (SSSR count). The van der Waals surface area contributed by atoms with Gasteiger partial charge < -0.3 is 0 Å². The van der Waals surface area contributed by atoms with E-state index < -0.39 is 0 Å². The van der Waals surface area contributed by atoms with E-state index in [1.54, 1.807) is 0 Å². The molecule has 0 saturated carbocycles. The molecular formula is C23H16N4. The second-order valence-corrected chi connectivity index (χ2v) is 6.37. The predicted octanol–water partition coefficient (Wildman–Crippen LogP) is 4.79. The van der Waals surface area contributed by atoms with Gasteiger partial charge >= 0.3 is 0 Å². The molecule has 1 heterocycles. The number of benzene rings is 3. The lowest BCUT2D eigenvalue weighted by molar-refractivity contribution is 0.709. The van der Waals surface area contributed by atoms with Gasteiger partial charge in [-0.2, -0.15) is 15.6 Å². The molecule has 27 heavy (non-hydrogen) atoms. The van der Waals surface area contributed by atoms with Crippen LogP contribution in [0.1, 0.15) is 34.7 Å². The number of anilines is 1. The van der Waals surface area contributed by atoms with E-state index in [0.717, 1.165) is 23.4 Å². The topological polar surface area (TPSA) is 63.2 Å². The fourth-order valence-corrected chi connectivity index (χ4v) is 3.28. The molecule has 4 heteroatoms. The van der Waals surface area contributed by atoms with Gasteiger partial charge in [-0.3, -0.25) is 5.01 Å². The monoisotopic (exact) mass is 348 g/mol. The first kappa shape index (κ1) is 16.6. The summed E-state index contributed by atoms with van der Waals surface area (Å²) in [6, 6.07) is 29.7.